The van der Waals surface area contributed by atoms with Gasteiger partial charge in [-0.3, -0.25) is 0 Å². The summed E-state index contributed by atoms with van der Waals surface area (Å²) in [5, 5.41) is 9.13. The van der Waals surface area contributed by atoms with Crippen LogP contribution in [0.3, 0.4) is 0 Å². The Balaban J connectivity index is 0.00000169. The Hall–Kier alpha value is -0.532. The summed E-state index contributed by atoms with van der Waals surface area (Å²) in [5.74, 6) is -0.780. The van der Waals surface area contributed by atoms with Crippen LogP contribution in [0.5, 0.6) is 5.75 Å². The average Bonchev–Trinajstić information content (AvgIpc) is 2.08. The molecule has 0 aliphatic rings. The fourth-order valence-electron chi connectivity index (χ4n) is 0.905. The molecule has 1 N–H and O–H groups in total. The van der Waals surface area contributed by atoms with Gasteiger partial charge in [0.05, 0.1) is 0 Å². The van der Waals surface area contributed by atoms with E-state index in [-0.39, 0.29) is 39.0 Å². The molecular formula is C9H8ClO3W-. The predicted molar refractivity (Wildman–Crippen MR) is 49.3 cm³/mol. The van der Waals surface area contributed by atoms with Crippen molar-refractivity contribution in [2.45, 2.75) is 0 Å². The number of hydrogen-bond donors (Lipinski definition) is 1. The maximum Gasteiger partial charge on any atom is 0.339 e. The molecule has 1 aromatic carbocycles. The molecule has 0 saturated carbocycles. The molecule has 0 bridgehead atoms. The van der Waals surface area contributed by atoms with Gasteiger partial charge in [0, 0.05) is 26.1 Å². The van der Waals surface area contributed by atoms with Crippen LogP contribution >= 0.6 is 11.6 Å². The minimum Gasteiger partial charge on any atom is -0.524 e. The summed E-state index contributed by atoms with van der Waals surface area (Å²) < 4.78 is 5.00. The third-order valence-electron chi connectivity index (χ3n) is 1.43. The van der Waals surface area contributed by atoms with Gasteiger partial charge in [-0.2, -0.15) is 0 Å². The fraction of sp³-hybridized carbons (Fsp3) is 0.111. The van der Waals surface area contributed by atoms with Gasteiger partial charge in [-0.15, -0.1) is 0 Å². The molecule has 0 amide bonds. The Bertz CT molecular complexity index is 328. The number of aromatic carboxylic acids is 1. The summed E-state index contributed by atoms with van der Waals surface area (Å²) in [6, 6.07) is 4.42. The zero-order valence-corrected chi connectivity index (χ0v) is 10.9. The van der Waals surface area contributed by atoms with Crippen molar-refractivity contribution in [3.05, 3.63) is 35.7 Å². The van der Waals surface area contributed by atoms with E-state index >= 15 is 0 Å². The Kier molecular flexibility index (Phi) is 5.82. The smallest absolute Gasteiger partial charge is 0.339 e. The molecule has 1 rings (SSSR count). The summed E-state index contributed by atoms with van der Waals surface area (Å²) >= 11 is 5.63. The molecule has 0 radical (unpaired) electrons. The second-order valence-corrected chi connectivity index (χ2v) is 2.73. The third kappa shape index (κ3) is 3.32. The monoisotopic (exact) mass is 383 g/mol. The maximum absolute atomic E-state index is 10.7. The zero-order valence-electron chi connectivity index (χ0n) is 7.20. The van der Waals surface area contributed by atoms with Crippen molar-refractivity contribution in [1.82, 2.24) is 0 Å². The molecule has 0 saturated heterocycles. The minimum atomic E-state index is -1.06. The largest absolute Gasteiger partial charge is 0.524 e. The van der Waals surface area contributed by atoms with E-state index in [0.29, 0.717) is 5.02 Å². The SMILES string of the molecule is [CH2-]COc1ccc(Cl)cc1C(=O)O.[W]. The van der Waals surface area contributed by atoms with Crippen LogP contribution in [0, 0.1) is 6.92 Å². The molecule has 14 heavy (non-hydrogen) atoms. The van der Waals surface area contributed by atoms with Crippen LogP contribution in [0.2, 0.25) is 5.02 Å². The first kappa shape index (κ1) is 13.5. The maximum atomic E-state index is 10.7. The van der Waals surface area contributed by atoms with E-state index < -0.39 is 5.97 Å². The molecule has 0 aromatic heterocycles. The van der Waals surface area contributed by atoms with E-state index in [4.69, 9.17) is 21.4 Å². The Morgan fingerprint density at radius 3 is 2.71 bits per heavy atom. The van der Waals surface area contributed by atoms with E-state index in [0.717, 1.165) is 0 Å². The van der Waals surface area contributed by atoms with Crippen LogP contribution in [0.25, 0.3) is 0 Å². The summed E-state index contributed by atoms with van der Waals surface area (Å²) in [6.07, 6.45) is 0. The van der Waals surface area contributed by atoms with Gasteiger partial charge in [-0.1, -0.05) is 11.6 Å². The van der Waals surface area contributed by atoms with Crippen molar-refractivity contribution in [1.29, 1.82) is 0 Å². The van der Waals surface area contributed by atoms with E-state index in [1.807, 2.05) is 0 Å². The summed E-state index contributed by atoms with van der Waals surface area (Å²) in [5.41, 5.74) is 0.0520. The van der Waals surface area contributed by atoms with E-state index in [1.54, 1.807) is 6.07 Å². The van der Waals surface area contributed by atoms with Gasteiger partial charge in [0.15, 0.2) is 0 Å². The molecule has 0 atom stereocenters. The topological polar surface area (TPSA) is 46.5 Å². The molecule has 3 nitrogen and oxygen atoms in total. The molecule has 5 heteroatoms. The number of halogens is 1. The van der Waals surface area contributed by atoms with Crippen molar-refractivity contribution >= 4 is 17.6 Å². The predicted octanol–water partition coefficient (Wildman–Crippen LogP) is 2.25. The Labute approximate surface area is 101 Å². The van der Waals surface area contributed by atoms with Crippen LogP contribution in [0.1, 0.15) is 10.4 Å². The van der Waals surface area contributed by atoms with Crippen molar-refractivity contribution in [3.8, 4) is 5.75 Å². The van der Waals surface area contributed by atoms with Crippen LogP contribution in [0.4, 0.5) is 0 Å². The normalized spacial score (nSPS) is 9.00. The Morgan fingerprint density at radius 1 is 1.57 bits per heavy atom. The number of hydrogen-bond acceptors (Lipinski definition) is 2. The summed E-state index contributed by atoms with van der Waals surface area (Å²) in [4.78, 5) is 10.7. The summed E-state index contributed by atoms with van der Waals surface area (Å²) in [7, 11) is 0. The van der Waals surface area contributed by atoms with Crippen LogP contribution < -0.4 is 4.74 Å². The van der Waals surface area contributed by atoms with Crippen molar-refractivity contribution in [2.75, 3.05) is 6.61 Å². The molecule has 0 heterocycles. The van der Waals surface area contributed by atoms with Crippen molar-refractivity contribution in [3.63, 3.8) is 0 Å². The van der Waals surface area contributed by atoms with E-state index in [9.17, 15) is 4.79 Å². The van der Waals surface area contributed by atoms with Gasteiger partial charge in [0.25, 0.3) is 0 Å². The van der Waals surface area contributed by atoms with E-state index in [2.05, 4.69) is 6.92 Å². The van der Waals surface area contributed by atoms with E-state index in [1.165, 1.54) is 12.1 Å². The first-order valence-corrected chi connectivity index (χ1v) is 3.98. The molecule has 76 valence electrons. The standard InChI is InChI=1S/C9H8ClO3.W/c1-2-13-8-4-3-6(10)5-7(8)9(11)12;/h3-5H,1-2H2,(H,11,12);/q-1;. The van der Waals surface area contributed by atoms with Gasteiger partial charge < -0.3 is 16.8 Å². The molecule has 0 aliphatic heterocycles. The number of carbonyl (C=O) groups is 1. The number of carboxylic acid groups (broad SMARTS) is 1. The fourth-order valence-corrected chi connectivity index (χ4v) is 1.08. The first-order chi connectivity index (χ1) is 6.15. The summed E-state index contributed by atoms with van der Waals surface area (Å²) in [6.45, 7) is 3.64. The van der Waals surface area contributed by atoms with Gasteiger partial charge in [-0.05, 0) is 24.8 Å². The van der Waals surface area contributed by atoms with Gasteiger partial charge >= 0.3 is 5.97 Å². The number of benzene rings is 1. The average molecular weight is 383 g/mol. The van der Waals surface area contributed by atoms with Gasteiger partial charge in [0.1, 0.15) is 11.3 Å². The van der Waals surface area contributed by atoms with Crippen LogP contribution in [-0.4, -0.2) is 17.7 Å². The molecule has 0 aliphatic carbocycles. The molecule has 0 fully saturated rings. The number of carboxylic acids is 1. The van der Waals surface area contributed by atoms with Crippen molar-refractivity contribution < 1.29 is 35.7 Å². The quantitative estimate of drug-likeness (QED) is 0.815. The van der Waals surface area contributed by atoms with Gasteiger partial charge in [-0.25, -0.2) is 4.79 Å². The third-order valence-corrected chi connectivity index (χ3v) is 1.66. The number of rotatable bonds is 3. The minimum absolute atomic E-state index is 0. The van der Waals surface area contributed by atoms with Crippen LogP contribution in [-0.2, 0) is 21.1 Å². The number of ether oxygens (including phenoxy) is 1. The molecule has 0 spiro atoms. The molecule has 0 unspecified atom stereocenters. The zero-order chi connectivity index (χ0) is 9.84. The Morgan fingerprint density at radius 2 is 2.21 bits per heavy atom. The van der Waals surface area contributed by atoms with Crippen molar-refractivity contribution in [2.24, 2.45) is 0 Å². The second-order valence-electron chi connectivity index (χ2n) is 2.29. The molecule has 1 aromatic rings. The van der Waals surface area contributed by atoms with Crippen LogP contribution in [0.15, 0.2) is 18.2 Å². The first-order valence-electron chi connectivity index (χ1n) is 3.60. The molecular weight excluding hydrogens is 375 g/mol. The van der Waals surface area contributed by atoms with Gasteiger partial charge in [0.2, 0.25) is 0 Å². The second kappa shape index (κ2) is 6.05.